The monoisotopic (exact) mass is 222 g/mol. The Labute approximate surface area is 133 Å². The van der Waals surface area contributed by atoms with Gasteiger partial charge >= 0.3 is 51.4 Å². The molecule has 0 spiro atoms. The van der Waals surface area contributed by atoms with Gasteiger partial charge in [0.1, 0.15) is 0 Å². The van der Waals surface area contributed by atoms with Crippen LogP contribution in [0.5, 0.6) is 0 Å². The fraction of sp³-hybridized carbons (Fsp3) is 0.667. The van der Waals surface area contributed by atoms with Crippen LogP contribution in [0.25, 0.3) is 0 Å². The molecule has 2 heteroatoms. The number of hydrogen-bond acceptors (Lipinski definition) is 1. The number of hydrogen-bond donors (Lipinski definition) is 1. The Morgan fingerprint density at radius 1 is 1.50 bits per heavy atom. The third-order valence-corrected chi connectivity index (χ3v) is 2.45. The van der Waals surface area contributed by atoms with Gasteiger partial charge in [-0.3, -0.25) is 0 Å². The first-order valence-electron chi connectivity index (χ1n) is 4.76. The zero-order valence-electron chi connectivity index (χ0n) is 10.5. The van der Waals surface area contributed by atoms with Gasteiger partial charge in [0.05, 0.1) is 0 Å². The van der Waals surface area contributed by atoms with Crippen molar-refractivity contribution in [2.45, 2.75) is 46.0 Å². The standard InChI is InChI=1S/C6H12.C5H10N.CH3.K/c1-3-6(2)4-5-6;1-3-4-5(2)6;;/h3-5H2,1-2H3;1-4,6H2;1H3;/q;2*-1;+1. The van der Waals surface area contributed by atoms with Gasteiger partial charge in [-0.05, 0) is 30.4 Å². The first kappa shape index (κ1) is 20.6. The van der Waals surface area contributed by atoms with E-state index in [-0.39, 0.29) is 58.8 Å². The van der Waals surface area contributed by atoms with Crippen molar-refractivity contribution in [3.8, 4) is 0 Å². The average molecular weight is 222 g/mol. The SMILES string of the molecule is C=C(N)CC[CH2-].CCC1(C)CC1.[CH3-].[K+]. The van der Waals surface area contributed by atoms with Gasteiger partial charge in [0.15, 0.2) is 0 Å². The van der Waals surface area contributed by atoms with E-state index < -0.39 is 0 Å². The largest absolute Gasteiger partial charge is 1.00 e. The number of rotatable bonds is 3. The first-order chi connectivity index (χ1) is 5.54. The molecule has 1 aliphatic rings. The molecule has 80 valence electrons. The predicted octanol–water partition coefficient (Wildman–Crippen LogP) is 0.724. The van der Waals surface area contributed by atoms with Crippen LogP contribution in [-0.4, -0.2) is 0 Å². The van der Waals surface area contributed by atoms with Crippen LogP contribution >= 0.6 is 0 Å². The molecular formula is C12H25KN-. The summed E-state index contributed by atoms with van der Waals surface area (Å²) >= 11 is 0. The van der Waals surface area contributed by atoms with E-state index in [0.29, 0.717) is 0 Å². The van der Waals surface area contributed by atoms with Gasteiger partial charge in [-0.2, -0.15) is 6.42 Å². The molecule has 0 radical (unpaired) electrons. The van der Waals surface area contributed by atoms with Gasteiger partial charge in [0.2, 0.25) is 0 Å². The van der Waals surface area contributed by atoms with Gasteiger partial charge in [-0.15, -0.1) is 0 Å². The first-order valence-corrected chi connectivity index (χ1v) is 4.76. The zero-order chi connectivity index (χ0) is 9.61. The minimum absolute atomic E-state index is 0. The normalized spacial score (nSPS) is 15.1. The summed E-state index contributed by atoms with van der Waals surface area (Å²) in [4.78, 5) is 0. The van der Waals surface area contributed by atoms with Crippen LogP contribution in [-0.2, 0) is 0 Å². The second-order valence-corrected chi connectivity index (χ2v) is 3.93. The van der Waals surface area contributed by atoms with Crippen LogP contribution < -0.4 is 57.1 Å². The summed E-state index contributed by atoms with van der Waals surface area (Å²) in [6.45, 7) is 11.7. The van der Waals surface area contributed by atoms with E-state index in [4.69, 9.17) is 5.73 Å². The molecule has 0 aromatic heterocycles. The maximum atomic E-state index is 5.17. The van der Waals surface area contributed by atoms with Gasteiger partial charge < -0.3 is 20.1 Å². The molecule has 2 N–H and O–H groups in total. The molecule has 0 bridgehead atoms. The average Bonchev–Trinajstić information content (AvgIpc) is 2.70. The molecule has 1 nitrogen and oxygen atoms in total. The fourth-order valence-electron chi connectivity index (χ4n) is 0.794. The van der Waals surface area contributed by atoms with E-state index in [2.05, 4.69) is 27.4 Å². The molecule has 1 rings (SSSR count). The van der Waals surface area contributed by atoms with Crippen molar-refractivity contribution in [3.05, 3.63) is 26.6 Å². The Hall–Kier alpha value is 1.18. The maximum Gasteiger partial charge on any atom is 1.00 e. The Morgan fingerprint density at radius 2 is 1.93 bits per heavy atom. The fourth-order valence-corrected chi connectivity index (χ4v) is 0.794. The van der Waals surface area contributed by atoms with Crippen molar-refractivity contribution in [1.29, 1.82) is 0 Å². The topological polar surface area (TPSA) is 26.0 Å². The van der Waals surface area contributed by atoms with E-state index in [9.17, 15) is 0 Å². The molecule has 14 heavy (non-hydrogen) atoms. The Balaban J connectivity index is -0.000000151. The Bertz CT molecular complexity index is 139. The van der Waals surface area contributed by atoms with Crippen LogP contribution in [0.1, 0.15) is 46.0 Å². The van der Waals surface area contributed by atoms with Crippen molar-refractivity contribution < 1.29 is 51.4 Å². The Kier molecular flexibility index (Phi) is 15.7. The van der Waals surface area contributed by atoms with Gasteiger partial charge in [0, 0.05) is 0 Å². The molecule has 0 unspecified atom stereocenters. The summed E-state index contributed by atoms with van der Waals surface area (Å²) in [6, 6.07) is 0. The second-order valence-electron chi connectivity index (χ2n) is 3.93. The van der Waals surface area contributed by atoms with E-state index in [1.807, 2.05) is 0 Å². The van der Waals surface area contributed by atoms with Crippen molar-refractivity contribution in [2.75, 3.05) is 0 Å². The van der Waals surface area contributed by atoms with Crippen molar-refractivity contribution >= 4 is 0 Å². The number of allylic oxidation sites excluding steroid dienone is 1. The molecule has 0 amide bonds. The third kappa shape index (κ3) is 13.2. The molecule has 0 atom stereocenters. The molecule has 0 aromatic carbocycles. The number of nitrogens with two attached hydrogens (primary N) is 1. The maximum absolute atomic E-state index is 5.17. The van der Waals surface area contributed by atoms with E-state index in [1.165, 1.54) is 19.3 Å². The third-order valence-electron chi connectivity index (χ3n) is 2.45. The van der Waals surface area contributed by atoms with Gasteiger partial charge in [-0.1, -0.05) is 26.8 Å². The summed E-state index contributed by atoms with van der Waals surface area (Å²) in [5, 5.41) is 0. The quantitative estimate of drug-likeness (QED) is 0.553. The summed E-state index contributed by atoms with van der Waals surface area (Å²) in [6.07, 6.45) is 6.04. The van der Waals surface area contributed by atoms with Crippen LogP contribution in [0.15, 0.2) is 12.3 Å². The minimum Gasteiger partial charge on any atom is -0.403 e. The van der Waals surface area contributed by atoms with E-state index in [0.717, 1.165) is 24.0 Å². The van der Waals surface area contributed by atoms with Crippen LogP contribution in [0.2, 0.25) is 0 Å². The van der Waals surface area contributed by atoms with Crippen LogP contribution in [0, 0.1) is 19.8 Å². The zero-order valence-corrected chi connectivity index (χ0v) is 13.7. The second kappa shape index (κ2) is 10.7. The van der Waals surface area contributed by atoms with Gasteiger partial charge in [0.25, 0.3) is 0 Å². The molecule has 1 fully saturated rings. The molecule has 0 saturated heterocycles. The molecular weight excluding hydrogens is 197 g/mol. The Morgan fingerprint density at radius 3 is 1.93 bits per heavy atom. The van der Waals surface area contributed by atoms with Gasteiger partial charge in [-0.25, -0.2) is 0 Å². The smallest absolute Gasteiger partial charge is 0.403 e. The van der Waals surface area contributed by atoms with E-state index >= 15 is 0 Å². The molecule has 0 aliphatic heterocycles. The molecule has 1 aliphatic carbocycles. The summed E-state index contributed by atoms with van der Waals surface area (Å²) in [7, 11) is 0. The molecule has 0 aromatic rings. The summed E-state index contributed by atoms with van der Waals surface area (Å²) < 4.78 is 0. The predicted molar refractivity (Wildman–Crippen MR) is 62.0 cm³/mol. The van der Waals surface area contributed by atoms with Crippen LogP contribution in [0.3, 0.4) is 0 Å². The molecule has 1 saturated carbocycles. The van der Waals surface area contributed by atoms with Crippen molar-refractivity contribution in [1.82, 2.24) is 0 Å². The molecule has 0 heterocycles. The summed E-state index contributed by atoms with van der Waals surface area (Å²) in [5.41, 5.74) is 6.69. The van der Waals surface area contributed by atoms with Crippen LogP contribution in [0.4, 0.5) is 0 Å². The van der Waals surface area contributed by atoms with Crippen molar-refractivity contribution in [2.24, 2.45) is 11.1 Å². The summed E-state index contributed by atoms with van der Waals surface area (Å²) in [5.74, 6) is 0. The van der Waals surface area contributed by atoms with Crippen molar-refractivity contribution in [3.63, 3.8) is 0 Å². The minimum atomic E-state index is 0. The van der Waals surface area contributed by atoms with E-state index in [1.54, 1.807) is 0 Å².